The maximum Gasteiger partial charge on any atom is 0.434 e. The SMILES string of the molecule is CC1=C[C@@](c2n[nH]c(=O)o2)(c2cc(F)c(CN3C(C)CCC(c4ccccc4)S3(=O)=O)cc2F)C1. The zero-order valence-electron chi connectivity index (χ0n) is 19.3. The van der Waals surface area contributed by atoms with Crippen molar-refractivity contribution in [2.24, 2.45) is 0 Å². The lowest BCUT2D eigenvalue weighted by atomic mass is 9.66. The molecular formula is C25H25F2N3O4S. The van der Waals surface area contributed by atoms with Crippen LogP contribution < -0.4 is 5.76 Å². The quantitative estimate of drug-likeness (QED) is 0.525. The lowest BCUT2D eigenvalue weighted by Gasteiger charge is -2.38. The Labute approximate surface area is 201 Å². The van der Waals surface area contributed by atoms with Gasteiger partial charge in [0.25, 0.3) is 0 Å². The lowest BCUT2D eigenvalue weighted by molar-refractivity contribution is 0.278. The Kier molecular flexibility index (Phi) is 5.76. The zero-order chi connectivity index (χ0) is 25.0. The summed E-state index contributed by atoms with van der Waals surface area (Å²) in [5, 5.41) is 5.28. The fraction of sp³-hybridized carbons (Fsp3) is 0.360. The summed E-state index contributed by atoms with van der Waals surface area (Å²) in [7, 11) is -3.80. The number of aromatic nitrogens is 2. The van der Waals surface area contributed by atoms with Crippen LogP contribution in [0.15, 0.2) is 63.3 Å². The van der Waals surface area contributed by atoms with E-state index in [-0.39, 0.29) is 29.6 Å². The van der Waals surface area contributed by atoms with Crippen molar-refractivity contribution >= 4 is 10.0 Å². The van der Waals surface area contributed by atoms with Gasteiger partial charge in [-0.05, 0) is 50.8 Å². The van der Waals surface area contributed by atoms with Crippen LogP contribution in [-0.4, -0.2) is 29.0 Å². The van der Waals surface area contributed by atoms with Crippen molar-refractivity contribution in [3.63, 3.8) is 0 Å². The van der Waals surface area contributed by atoms with E-state index in [0.717, 1.165) is 17.7 Å². The number of sulfonamides is 1. The van der Waals surface area contributed by atoms with Gasteiger partial charge in [-0.25, -0.2) is 27.1 Å². The number of aromatic amines is 1. The molecule has 2 aliphatic rings. The lowest BCUT2D eigenvalue weighted by Crippen LogP contribution is -2.45. The van der Waals surface area contributed by atoms with E-state index in [4.69, 9.17) is 4.42 Å². The molecule has 184 valence electrons. The highest BCUT2D eigenvalue weighted by Gasteiger charge is 2.46. The Morgan fingerprint density at radius 1 is 1.17 bits per heavy atom. The number of halogens is 2. The van der Waals surface area contributed by atoms with E-state index in [9.17, 15) is 13.2 Å². The molecule has 0 spiro atoms. The van der Waals surface area contributed by atoms with Crippen molar-refractivity contribution in [2.75, 3.05) is 0 Å². The molecule has 3 aromatic rings. The molecule has 2 aromatic carbocycles. The maximum atomic E-state index is 15.4. The van der Waals surface area contributed by atoms with Gasteiger partial charge in [-0.2, -0.15) is 4.31 Å². The van der Waals surface area contributed by atoms with Crippen LogP contribution in [0.5, 0.6) is 0 Å². The Bertz CT molecular complexity index is 1470. The number of hydrogen-bond acceptors (Lipinski definition) is 5. The normalized spacial score (nSPS) is 26.2. The van der Waals surface area contributed by atoms with E-state index in [1.165, 1.54) is 4.31 Å². The van der Waals surface area contributed by atoms with Crippen LogP contribution in [0, 0.1) is 11.6 Å². The van der Waals surface area contributed by atoms with Gasteiger partial charge < -0.3 is 4.42 Å². The van der Waals surface area contributed by atoms with Crippen LogP contribution in [0.1, 0.15) is 60.9 Å². The molecule has 1 fully saturated rings. The second-order valence-electron chi connectivity index (χ2n) is 9.40. The molecule has 0 amide bonds. The number of allylic oxidation sites excluding steroid dienone is 2. The maximum absolute atomic E-state index is 15.4. The van der Waals surface area contributed by atoms with Gasteiger partial charge in [-0.1, -0.05) is 42.0 Å². The van der Waals surface area contributed by atoms with Crippen molar-refractivity contribution < 1.29 is 21.6 Å². The summed E-state index contributed by atoms with van der Waals surface area (Å²) >= 11 is 0. The summed E-state index contributed by atoms with van der Waals surface area (Å²) in [6, 6.07) is 10.7. The van der Waals surface area contributed by atoms with Gasteiger partial charge >= 0.3 is 5.76 Å². The first-order chi connectivity index (χ1) is 16.6. The summed E-state index contributed by atoms with van der Waals surface area (Å²) in [6.45, 7) is 3.32. The average molecular weight is 502 g/mol. The van der Waals surface area contributed by atoms with Crippen molar-refractivity contribution in [1.82, 2.24) is 14.5 Å². The molecule has 7 nitrogen and oxygen atoms in total. The number of nitrogens with zero attached hydrogens (tertiary/aromatic N) is 2. The summed E-state index contributed by atoms with van der Waals surface area (Å²) in [5.41, 5.74) is 0.321. The largest absolute Gasteiger partial charge is 0.434 e. The molecule has 10 heteroatoms. The number of nitrogens with one attached hydrogen (secondary N) is 1. The first-order valence-corrected chi connectivity index (χ1v) is 12.9. The number of hydrogen-bond donors (Lipinski definition) is 1. The second-order valence-corrected chi connectivity index (χ2v) is 11.5. The fourth-order valence-corrected chi connectivity index (χ4v) is 7.44. The smallest absolute Gasteiger partial charge is 0.391 e. The van der Waals surface area contributed by atoms with Crippen LogP contribution in [-0.2, 0) is 22.0 Å². The van der Waals surface area contributed by atoms with Gasteiger partial charge in [0.2, 0.25) is 15.9 Å². The molecule has 1 aliphatic heterocycles. The van der Waals surface area contributed by atoms with E-state index in [1.807, 2.05) is 13.0 Å². The Balaban J connectivity index is 1.50. The van der Waals surface area contributed by atoms with Crippen LogP contribution in [0.3, 0.4) is 0 Å². The monoisotopic (exact) mass is 501 g/mol. The Morgan fingerprint density at radius 2 is 1.89 bits per heavy atom. The second kappa shape index (κ2) is 8.53. The van der Waals surface area contributed by atoms with Crippen LogP contribution >= 0.6 is 0 Å². The predicted molar refractivity (Wildman–Crippen MR) is 125 cm³/mol. The molecule has 0 radical (unpaired) electrons. The highest BCUT2D eigenvalue weighted by Crippen LogP contribution is 2.47. The third kappa shape index (κ3) is 3.94. The van der Waals surface area contributed by atoms with Crippen LogP contribution in [0.2, 0.25) is 0 Å². The molecule has 35 heavy (non-hydrogen) atoms. The zero-order valence-corrected chi connectivity index (χ0v) is 20.1. The molecule has 0 bridgehead atoms. The first-order valence-electron chi connectivity index (χ1n) is 11.4. The molecule has 1 N–H and O–H groups in total. The minimum absolute atomic E-state index is 0.0173. The van der Waals surface area contributed by atoms with Crippen molar-refractivity contribution in [2.45, 2.75) is 56.4 Å². The van der Waals surface area contributed by atoms with Crippen LogP contribution in [0.25, 0.3) is 0 Å². The molecule has 1 aromatic heterocycles. The van der Waals surface area contributed by atoms with Gasteiger partial charge in [0.05, 0.1) is 5.41 Å². The molecule has 1 aliphatic carbocycles. The average Bonchev–Trinajstić information content (AvgIpc) is 3.23. The molecule has 0 saturated carbocycles. The highest BCUT2D eigenvalue weighted by atomic mass is 32.2. The van der Waals surface area contributed by atoms with Crippen molar-refractivity contribution in [1.29, 1.82) is 0 Å². The van der Waals surface area contributed by atoms with Gasteiger partial charge in [-0.3, -0.25) is 0 Å². The molecule has 2 heterocycles. The van der Waals surface area contributed by atoms with E-state index >= 15 is 8.78 Å². The predicted octanol–water partition coefficient (Wildman–Crippen LogP) is 4.33. The Morgan fingerprint density at radius 3 is 2.51 bits per heavy atom. The van der Waals surface area contributed by atoms with Crippen molar-refractivity contribution in [3.05, 3.63) is 98.9 Å². The summed E-state index contributed by atoms with van der Waals surface area (Å²) in [4.78, 5) is 11.5. The standard InChI is InChI=1S/C25H25F2N3O4S/c1-15-12-25(13-15,23-28-29-24(31)34-23)19-11-20(26)18(10-21(19)27)14-30-16(2)8-9-22(35(30,32)33)17-6-4-3-5-7-17/h3-7,10-12,16,22H,8-9,13-14H2,1-2H3,(H,29,31)/t16?,22?,25-/m0/s1. The number of benzene rings is 2. The summed E-state index contributed by atoms with van der Waals surface area (Å²) < 4.78 is 64.1. The summed E-state index contributed by atoms with van der Waals surface area (Å²) in [6.07, 6.45) is 3.06. The first kappa shape index (κ1) is 23.6. The van der Waals surface area contributed by atoms with Gasteiger partial charge in [-0.15, -0.1) is 5.10 Å². The molecule has 3 atom stereocenters. The fourth-order valence-electron chi connectivity index (χ4n) is 5.25. The third-order valence-corrected chi connectivity index (χ3v) is 9.38. The topological polar surface area (TPSA) is 96.3 Å². The molecule has 1 saturated heterocycles. The van der Waals surface area contributed by atoms with E-state index in [2.05, 4.69) is 10.2 Å². The Hall–Kier alpha value is -3.11. The summed E-state index contributed by atoms with van der Waals surface area (Å²) in [5.74, 6) is -2.29. The van der Waals surface area contributed by atoms with E-state index in [1.54, 1.807) is 37.3 Å². The molecular weight excluding hydrogens is 476 g/mol. The van der Waals surface area contributed by atoms with E-state index in [0.29, 0.717) is 24.8 Å². The number of rotatable bonds is 5. The van der Waals surface area contributed by atoms with E-state index < -0.39 is 38.1 Å². The van der Waals surface area contributed by atoms with Gasteiger partial charge in [0, 0.05) is 23.7 Å². The molecule has 2 unspecified atom stereocenters. The molecule has 5 rings (SSSR count). The van der Waals surface area contributed by atoms with Gasteiger partial charge in [0.1, 0.15) is 16.9 Å². The highest BCUT2D eigenvalue weighted by molar-refractivity contribution is 7.89. The minimum atomic E-state index is -3.80. The number of H-pyrrole nitrogens is 1. The minimum Gasteiger partial charge on any atom is -0.391 e. The third-order valence-electron chi connectivity index (χ3n) is 7.01. The van der Waals surface area contributed by atoms with Gasteiger partial charge in [0.15, 0.2) is 0 Å². The van der Waals surface area contributed by atoms with Crippen LogP contribution in [0.4, 0.5) is 8.78 Å². The van der Waals surface area contributed by atoms with Crippen molar-refractivity contribution in [3.8, 4) is 0 Å².